The summed E-state index contributed by atoms with van der Waals surface area (Å²) in [5, 5.41) is 14.0. The molecule has 2 aromatic rings. The molecule has 0 radical (unpaired) electrons. The van der Waals surface area contributed by atoms with Gasteiger partial charge in [-0.05, 0) is 13.0 Å². The zero-order chi connectivity index (χ0) is 14.7. The number of aryl methyl sites for hydroxylation is 1. The van der Waals surface area contributed by atoms with Gasteiger partial charge in [0.15, 0.2) is 0 Å². The second-order valence-electron chi connectivity index (χ2n) is 4.45. The van der Waals surface area contributed by atoms with Gasteiger partial charge in [-0.25, -0.2) is 4.79 Å². The zero-order valence-corrected chi connectivity index (χ0v) is 11.4. The van der Waals surface area contributed by atoms with Crippen LogP contribution in [0, 0.1) is 10.1 Å². The fraction of sp³-hybridized carbons (Fsp3) is 0.308. The summed E-state index contributed by atoms with van der Waals surface area (Å²) in [6, 6.07) is 4.62. The van der Waals surface area contributed by atoms with Crippen molar-refractivity contribution >= 4 is 11.4 Å². The van der Waals surface area contributed by atoms with Crippen molar-refractivity contribution in [1.82, 2.24) is 9.13 Å². The molecule has 0 spiro atoms. The maximum absolute atomic E-state index is 11.8. The van der Waals surface area contributed by atoms with Gasteiger partial charge in [-0.3, -0.25) is 14.7 Å². The molecule has 1 aromatic heterocycles. The van der Waals surface area contributed by atoms with Crippen LogP contribution in [0.3, 0.4) is 0 Å². The van der Waals surface area contributed by atoms with E-state index in [9.17, 15) is 14.9 Å². The molecular weight excluding hydrogens is 260 g/mol. The van der Waals surface area contributed by atoms with Gasteiger partial charge in [-0.15, -0.1) is 0 Å². The zero-order valence-electron chi connectivity index (χ0n) is 11.4. The van der Waals surface area contributed by atoms with E-state index in [-0.39, 0.29) is 11.4 Å². The molecule has 0 unspecified atom stereocenters. The Bertz CT molecular complexity index is 687. The highest BCUT2D eigenvalue weighted by molar-refractivity contribution is 5.56. The largest absolute Gasteiger partial charge is 0.385 e. The van der Waals surface area contributed by atoms with E-state index in [1.165, 1.54) is 21.3 Å². The SMILES string of the molecule is CCNc1ccc([N+](=O)[O-])cc1Cn1ccn(C)c1=O. The van der Waals surface area contributed by atoms with E-state index in [0.717, 1.165) is 5.69 Å². The molecule has 0 aliphatic carbocycles. The topological polar surface area (TPSA) is 82.1 Å². The number of nitrogens with zero attached hydrogens (tertiary/aromatic N) is 3. The Balaban J connectivity index is 2.41. The van der Waals surface area contributed by atoms with Crippen molar-refractivity contribution in [3.05, 3.63) is 56.8 Å². The molecule has 0 amide bonds. The highest BCUT2D eigenvalue weighted by Crippen LogP contribution is 2.22. The molecule has 0 bridgehead atoms. The Morgan fingerprint density at radius 3 is 2.65 bits per heavy atom. The molecule has 106 valence electrons. The first-order chi connectivity index (χ1) is 9.52. The first-order valence-corrected chi connectivity index (χ1v) is 6.26. The van der Waals surface area contributed by atoms with Gasteiger partial charge >= 0.3 is 5.69 Å². The van der Waals surface area contributed by atoms with E-state index >= 15 is 0 Å². The number of hydrogen-bond acceptors (Lipinski definition) is 4. The van der Waals surface area contributed by atoms with Gasteiger partial charge in [0.05, 0.1) is 11.5 Å². The summed E-state index contributed by atoms with van der Waals surface area (Å²) in [7, 11) is 1.66. The van der Waals surface area contributed by atoms with Crippen LogP contribution >= 0.6 is 0 Å². The van der Waals surface area contributed by atoms with Gasteiger partial charge in [-0.1, -0.05) is 0 Å². The Labute approximate surface area is 115 Å². The quantitative estimate of drug-likeness (QED) is 0.664. The maximum Gasteiger partial charge on any atom is 0.328 e. The number of anilines is 1. The predicted octanol–water partition coefficient (Wildman–Crippen LogP) is 1.58. The molecule has 0 aliphatic rings. The molecule has 0 saturated heterocycles. The van der Waals surface area contributed by atoms with E-state index in [4.69, 9.17) is 0 Å². The minimum Gasteiger partial charge on any atom is -0.385 e. The number of imidazole rings is 1. The molecule has 0 aliphatic heterocycles. The van der Waals surface area contributed by atoms with Crippen molar-refractivity contribution in [2.24, 2.45) is 7.05 Å². The van der Waals surface area contributed by atoms with Crippen molar-refractivity contribution in [1.29, 1.82) is 0 Å². The molecule has 0 fully saturated rings. The summed E-state index contributed by atoms with van der Waals surface area (Å²) in [5.74, 6) is 0. The third-order valence-corrected chi connectivity index (χ3v) is 3.03. The molecule has 20 heavy (non-hydrogen) atoms. The standard InChI is InChI=1S/C13H16N4O3/c1-3-14-12-5-4-11(17(19)20)8-10(12)9-16-7-6-15(2)13(16)18/h4-8,14H,3,9H2,1-2H3. The first-order valence-electron chi connectivity index (χ1n) is 6.26. The lowest BCUT2D eigenvalue weighted by Gasteiger charge is -2.10. The minimum atomic E-state index is -0.438. The van der Waals surface area contributed by atoms with Crippen molar-refractivity contribution < 1.29 is 4.92 Å². The Morgan fingerprint density at radius 1 is 1.35 bits per heavy atom. The first kappa shape index (κ1) is 13.9. The van der Waals surface area contributed by atoms with Crippen molar-refractivity contribution in [2.45, 2.75) is 13.5 Å². The monoisotopic (exact) mass is 276 g/mol. The molecule has 1 heterocycles. The van der Waals surface area contributed by atoms with E-state index < -0.39 is 4.92 Å². The maximum atomic E-state index is 11.8. The van der Waals surface area contributed by atoms with Crippen LogP contribution < -0.4 is 11.0 Å². The van der Waals surface area contributed by atoms with Crippen molar-refractivity contribution in [2.75, 3.05) is 11.9 Å². The van der Waals surface area contributed by atoms with Gasteiger partial charge in [0.25, 0.3) is 5.69 Å². The van der Waals surface area contributed by atoms with Crippen LogP contribution in [-0.4, -0.2) is 20.6 Å². The molecule has 1 N–H and O–H groups in total. The van der Waals surface area contributed by atoms with Crippen LogP contribution in [0.25, 0.3) is 0 Å². The molecular formula is C13H16N4O3. The van der Waals surface area contributed by atoms with E-state index in [1.807, 2.05) is 6.92 Å². The molecule has 1 aromatic carbocycles. The fourth-order valence-electron chi connectivity index (χ4n) is 2.00. The molecule has 7 nitrogen and oxygen atoms in total. The number of non-ortho nitro benzene ring substituents is 1. The van der Waals surface area contributed by atoms with Crippen molar-refractivity contribution in [3.63, 3.8) is 0 Å². The molecule has 0 atom stereocenters. The van der Waals surface area contributed by atoms with E-state index in [1.54, 1.807) is 25.5 Å². The summed E-state index contributed by atoms with van der Waals surface area (Å²) in [6.07, 6.45) is 3.32. The minimum absolute atomic E-state index is 0.0191. The second kappa shape index (κ2) is 5.60. The third-order valence-electron chi connectivity index (χ3n) is 3.03. The van der Waals surface area contributed by atoms with Crippen LogP contribution in [0.4, 0.5) is 11.4 Å². The molecule has 0 saturated carbocycles. The normalized spacial score (nSPS) is 10.5. The van der Waals surface area contributed by atoms with Gasteiger partial charge in [0.1, 0.15) is 0 Å². The second-order valence-corrected chi connectivity index (χ2v) is 4.45. The van der Waals surface area contributed by atoms with Crippen LogP contribution in [0.5, 0.6) is 0 Å². The fourth-order valence-corrected chi connectivity index (χ4v) is 2.00. The van der Waals surface area contributed by atoms with Crippen LogP contribution in [0.2, 0.25) is 0 Å². The number of nitro benzene ring substituents is 1. The van der Waals surface area contributed by atoms with Gasteiger partial charge in [0, 0.05) is 49.4 Å². The lowest BCUT2D eigenvalue weighted by atomic mass is 10.1. The lowest BCUT2D eigenvalue weighted by Crippen LogP contribution is -2.22. The van der Waals surface area contributed by atoms with Crippen molar-refractivity contribution in [3.8, 4) is 0 Å². The lowest BCUT2D eigenvalue weighted by molar-refractivity contribution is -0.384. The number of hydrogen-bond donors (Lipinski definition) is 1. The number of rotatable bonds is 5. The van der Waals surface area contributed by atoms with Gasteiger partial charge in [0.2, 0.25) is 0 Å². The summed E-state index contributed by atoms with van der Waals surface area (Å²) >= 11 is 0. The van der Waals surface area contributed by atoms with Crippen LogP contribution in [0.15, 0.2) is 35.4 Å². The van der Waals surface area contributed by atoms with Crippen LogP contribution in [0.1, 0.15) is 12.5 Å². The van der Waals surface area contributed by atoms with Gasteiger partial charge in [-0.2, -0.15) is 0 Å². The summed E-state index contributed by atoms with van der Waals surface area (Å²) in [5.41, 5.74) is 1.38. The summed E-state index contributed by atoms with van der Waals surface area (Å²) in [6.45, 7) is 2.94. The molecule has 7 heteroatoms. The molecule has 2 rings (SSSR count). The third kappa shape index (κ3) is 2.71. The highest BCUT2D eigenvalue weighted by atomic mass is 16.6. The smallest absolute Gasteiger partial charge is 0.328 e. The van der Waals surface area contributed by atoms with E-state index in [2.05, 4.69) is 5.32 Å². The van der Waals surface area contributed by atoms with Crippen LogP contribution in [-0.2, 0) is 13.6 Å². The van der Waals surface area contributed by atoms with E-state index in [0.29, 0.717) is 18.7 Å². The Morgan fingerprint density at radius 2 is 2.10 bits per heavy atom. The predicted molar refractivity (Wildman–Crippen MR) is 76.0 cm³/mol. The highest BCUT2D eigenvalue weighted by Gasteiger charge is 2.12. The number of nitro groups is 1. The average molecular weight is 276 g/mol. The Kier molecular flexibility index (Phi) is 3.88. The average Bonchev–Trinajstić information content (AvgIpc) is 2.73. The van der Waals surface area contributed by atoms with Gasteiger partial charge < -0.3 is 9.88 Å². The summed E-state index contributed by atoms with van der Waals surface area (Å²) < 4.78 is 2.98. The number of benzene rings is 1. The number of nitrogens with one attached hydrogen (secondary N) is 1. The Hall–Kier alpha value is -2.57. The number of aromatic nitrogens is 2. The summed E-state index contributed by atoms with van der Waals surface area (Å²) in [4.78, 5) is 22.3.